The third kappa shape index (κ3) is 3.60. The molecule has 4 aliphatic carbocycles. The Balaban J connectivity index is 1.65. The number of carbonyl (C=O) groups excluding carboxylic acids is 1. The van der Waals surface area contributed by atoms with E-state index in [9.17, 15) is 20.1 Å². The highest BCUT2D eigenvalue weighted by molar-refractivity contribution is 5.99. The summed E-state index contributed by atoms with van der Waals surface area (Å²) in [6.45, 7) is 17.2. The van der Waals surface area contributed by atoms with Gasteiger partial charge < -0.3 is 15.3 Å². The summed E-state index contributed by atoms with van der Waals surface area (Å²) in [5, 5.41) is 31.3. The normalized spacial score (nSPS) is 43.7. The van der Waals surface area contributed by atoms with Crippen LogP contribution in [0.15, 0.2) is 11.1 Å². The molecule has 34 heavy (non-hydrogen) atoms. The van der Waals surface area contributed by atoms with E-state index in [2.05, 4.69) is 41.5 Å². The lowest BCUT2D eigenvalue weighted by atomic mass is 9.43. The summed E-state index contributed by atoms with van der Waals surface area (Å²) in [5.74, 6) is 1.52. The Kier molecular flexibility index (Phi) is 6.32. The van der Waals surface area contributed by atoms with Gasteiger partial charge in [0, 0.05) is 17.4 Å². The molecular formula is C30H50O4. The molecule has 8 atom stereocenters. The van der Waals surface area contributed by atoms with E-state index in [0.29, 0.717) is 30.5 Å². The van der Waals surface area contributed by atoms with Crippen LogP contribution in [0.25, 0.3) is 0 Å². The Morgan fingerprint density at radius 2 is 1.68 bits per heavy atom. The molecule has 0 heterocycles. The van der Waals surface area contributed by atoms with Crippen molar-refractivity contribution >= 4 is 5.78 Å². The Morgan fingerprint density at radius 1 is 1.03 bits per heavy atom. The van der Waals surface area contributed by atoms with Crippen LogP contribution in [0.5, 0.6) is 0 Å². The summed E-state index contributed by atoms with van der Waals surface area (Å²) in [4.78, 5) is 13.9. The zero-order valence-electron chi connectivity index (χ0n) is 23.0. The number of aliphatic hydroxyl groups excluding tert-OH is 2. The van der Waals surface area contributed by atoms with Gasteiger partial charge in [0.15, 0.2) is 5.78 Å². The van der Waals surface area contributed by atoms with E-state index < -0.39 is 11.7 Å². The molecule has 0 aromatic carbocycles. The van der Waals surface area contributed by atoms with Crippen LogP contribution in [0.3, 0.4) is 0 Å². The molecule has 3 N–H and O–H groups in total. The van der Waals surface area contributed by atoms with Gasteiger partial charge in [-0.25, -0.2) is 0 Å². The smallest absolute Gasteiger partial charge is 0.159 e. The second kappa shape index (κ2) is 8.15. The number of fused-ring (bicyclic) bond motifs is 4. The molecule has 0 amide bonds. The summed E-state index contributed by atoms with van der Waals surface area (Å²) >= 11 is 0. The van der Waals surface area contributed by atoms with E-state index in [1.807, 2.05) is 0 Å². The lowest BCUT2D eigenvalue weighted by Crippen LogP contribution is -2.57. The average molecular weight is 475 g/mol. The van der Waals surface area contributed by atoms with Gasteiger partial charge in [-0.15, -0.1) is 0 Å². The first-order valence-electron chi connectivity index (χ1n) is 13.9. The lowest BCUT2D eigenvalue weighted by molar-refractivity contribution is -0.134. The summed E-state index contributed by atoms with van der Waals surface area (Å²) in [5.41, 5.74) is 1.28. The van der Waals surface area contributed by atoms with Crippen LogP contribution in [0, 0.1) is 39.4 Å². The Morgan fingerprint density at radius 3 is 2.29 bits per heavy atom. The number of Topliss-reactive ketones (excluding diaryl/α,β-unsaturated/α-hetero) is 1. The molecule has 0 saturated heterocycles. The Hall–Kier alpha value is -0.710. The third-order valence-electron chi connectivity index (χ3n) is 12.0. The summed E-state index contributed by atoms with van der Waals surface area (Å²) in [6, 6.07) is 0. The van der Waals surface area contributed by atoms with Crippen molar-refractivity contribution in [2.75, 3.05) is 0 Å². The third-order valence-corrected chi connectivity index (χ3v) is 12.0. The first kappa shape index (κ1) is 26.4. The van der Waals surface area contributed by atoms with Gasteiger partial charge in [0.1, 0.15) is 0 Å². The molecule has 0 aliphatic heterocycles. The van der Waals surface area contributed by atoms with Gasteiger partial charge in [-0.05, 0) is 99.2 Å². The molecule has 2 fully saturated rings. The summed E-state index contributed by atoms with van der Waals surface area (Å²) in [7, 11) is 0. The van der Waals surface area contributed by atoms with Gasteiger partial charge in [0.25, 0.3) is 0 Å². The van der Waals surface area contributed by atoms with Crippen LogP contribution in [0.1, 0.15) is 113 Å². The van der Waals surface area contributed by atoms with E-state index in [-0.39, 0.29) is 33.7 Å². The quantitative estimate of drug-likeness (QED) is 0.469. The standard InChI is InChI=1S/C30H50O4/c1-18(9-10-24(33)27(4,5)34)19-11-16-30(8)25-20(12-15-29(19,30)7)28(6)14-13-23(32)26(2,3)22(28)17-21(25)31/h18-19,22-24,32-34H,9-17H2,1-8H3. The van der Waals surface area contributed by atoms with Crippen molar-refractivity contribution < 1.29 is 20.1 Å². The van der Waals surface area contributed by atoms with Crippen molar-refractivity contribution in [3.8, 4) is 0 Å². The Bertz CT molecular complexity index is 866. The van der Waals surface area contributed by atoms with Crippen LogP contribution in [-0.2, 0) is 4.79 Å². The fourth-order valence-electron chi connectivity index (χ4n) is 9.28. The van der Waals surface area contributed by atoms with Crippen molar-refractivity contribution in [2.45, 2.75) is 131 Å². The maximum absolute atomic E-state index is 13.9. The summed E-state index contributed by atoms with van der Waals surface area (Å²) in [6.07, 6.45) is 7.14. The zero-order chi connectivity index (χ0) is 25.5. The number of carbonyl (C=O) groups is 1. The van der Waals surface area contributed by atoms with Gasteiger partial charge in [-0.3, -0.25) is 4.79 Å². The molecule has 194 valence electrons. The van der Waals surface area contributed by atoms with Gasteiger partial charge in [-0.2, -0.15) is 0 Å². The molecule has 0 bridgehead atoms. The number of rotatable bonds is 5. The molecule has 4 aliphatic rings. The van der Waals surface area contributed by atoms with E-state index in [1.165, 1.54) is 11.1 Å². The largest absolute Gasteiger partial charge is 0.393 e. The summed E-state index contributed by atoms with van der Waals surface area (Å²) < 4.78 is 0. The van der Waals surface area contributed by atoms with Crippen LogP contribution < -0.4 is 0 Å². The van der Waals surface area contributed by atoms with E-state index in [0.717, 1.165) is 44.9 Å². The maximum atomic E-state index is 13.9. The predicted octanol–water partition coefficient (Wildman–Crippen LogP) is 5.82. The molecule has 8 unspecified atom stereocenters. The maximum Gasteiger partial charge on any atom is 0.159 e. The molecule has 0 radical (unpaired) electrons. The van der Waals surface area contributed by atoms with Crippen molar-refractivity contribution in [3.63, 3.8) is 0 Å². The van der Waals surface area contributed by atoms with Gasteiger partial charge in [-0.1, -0.05) is 47.1 Å². The average Bonchev–Trinajstić information content (AvgIpc) is 3.01. The highest BCUT2D eigenvalue weighted by atomic mass is 16.3. The van der Waals surface area contributed by atoms with Crippen molar-refractivity contribution in [2.24, 2.45) is 39.4 Å². The molecule has 0 spiro atoms. The minimum Gasteiger partial charge on any atom is -0.393 e. The van der Waals surface area contributed by atoms with Crippen LogP contribution in [-0.4, -0.2) is 38.9 Å². The van der Waals surface area contributed by atoms with Crippen LogP contribution >= 0.6 is 0 Å². The van der Waals surface area contributed by atoms with Gasteiger partial charge >= 0.3 is 0 Å². The number of hydrogen-bond donors (Lipinski definition) is 3. The highest BCUT2D eigenvalue weighted by Gasteiger charge is 2.65. The Labute approximate surface area is 207 Å². The highest BCUT2D eigenvalue weighted by Crippen LogP contribution is 2.71. The topological polar surface area (TPSA) is 77.8 Å². The fraction of sp³-hybridized carbons (Fsp3) is 0.900. The lowest BCUT2D eigenvalue weighted by Gasteiger charge is -2.61. The number of ketones is 1. The number of hydrogen-bond acceptors (Lipinski definition) is 4. The SMILES string of the molecule is CC(CCC(O)C(C)(C)O)C1CCC2(C)C3=C(CCC12C)C1(C)CCC(O)C(C)(C)C1CC3=O. The molecule has 4 heteroatoms. The number of allylic oxidation sites excluding steroid dienone is 2. The first-order chi connectivity index (χ1) is 15.5. The van der Waals surface area contributed by atoms with Crippen LogP contribution in [0.2, 0.25) is 0 Å². The molecule has 0 aromatic rings. The fourth-order valence-corrected chi connectivity index (χ4v) is 9.28. The van der Waals surface area contributed by atoms with Crippen LogP contribution in [0.4, 0.5) is 0 Å². The van der Waals surface area contributed by atoms with Gasteiger partial charge in [0.2, 0.25) is 0 Å². The molecule has 2 saturated carbocycles. The second-order valence-electron chi connectivity index (χ2n) is 14.4. The molecule has 4 nitrogen and oxygen atoms in total. The van der Waals surface area contributed by atoms with Crippen molar-refractivity contribution in [1.29, 1.82) is 0 Å². The second-order valence-corrected chi connectivity index (χ2v) is 14.4. The molecule has 0 aromatic heterocycles. The van der Waals surface area contributed by atoms with E-state index in [1.54, 1.807) is 13.8 Å². The van der Waals surface area contributed by atoms with Gasteiger partial charge in [0.05, 0.1) is 17.8 Å². The minimum absolute atomic E-state index is 0.0107. The first-order valence-corrected chi connectivity index (χ1v) is 13.9. The van der Waals surface area contributed by atoms with Crippen molar-refractivity contribution in [3.05, 3.63) is 11.1 Å². The van der Waals surface area contributed by atoms with Crippen molar-refractivity contribution in [1.82, 2.24) is 0 Å². The number of aliphatic hydroxyl groups is 3. The minimum atomic E-state index is -1.07. The predicted molar refractivity (Wildman–Crippen MR) is 136 cm³/mol. The van der Waals surface area contributed by atoms with E-state index in [4.69, 9.17) is 0 Å². The monoisotopic (exact) mass is 474 g/mol. The molecular weight excluding hydrogens is 424 g/mol. The zero-order valence-corrected chi connectivity index (χ0v) is 23.0. The molecule has 4 rings (SSSR count). The van der Waals surface area contributed by atoms with E-state index >= 15 is 0 Å².